The van der Waals surface area contributed by atoms with Crippen LogP contribution in [0.5, 0.6) is 0 Å². The number of fused-ring (bicyclic) bond motifs is 1. The van der Waals surface area contributed by atoms with E-state index in [2.05, 4.69) is 39.3 Å². The highest BCUT2D eigenvalue weighted by Crippen LogP contribution is 2.29. The molecule has 5 nitrogen and oxygen atoms in total. The zero-order valence-electron chi connectivity index (χ0n) is 12.0. The Labute approximate surface area is 123 Å². The summed E-state index contributed by atoms with van der Waals surface area (Å²) in [5.74, 6) is 2.96. The number of anilines is 1. The maximum absolute atomic E-state index is 4.57. The lowest BCUT2D eigenvalue weighted by molar-refractivity contribution is 0.472. The highest BCUT2D eigenvalue weighted by molar-refractivity contribution is 7.99. The van der Waals surface area contributed by atoms with Gasteiger partial charge in [-0.05, 0) is 44.1 Å². The average Bonchev–Trinajstić information content (AvgIpc) is 2.81. The molecule has 108 valence electrons. The minimum absolute atomic E-state index is 0.537. The van der Waals surface area contributed by atoms with Gasteiger partial charge >= 0.3 is 0 Å². The minimum atomic E-state index is 0.537. The molecule has 0 amide bonds. The average molecular weight is 291 g/mol. The van der Waals surface area contributed by atoms with Crippen LogP contribution in [0.3, 0.4) is 0 Å². The first-order valence-corrected chi connectivity index (χ1v) is 8.38. The number of aryl methyl sites for hydroxylation is 1. The normalized spacial score (nSPS) is 23.1. The molecule has 0 aromatic carbocycles. The van der Waals surface area contributed by atoms with Gasteiger partial charge in [0.1, 0.15) is 5.82 Å². The Morgan fingerprint density at radius 3 is 3.10 bits per heavy atom. The summed E-state index contributed by atoms with van der Waals surface area (Å²) in [5, 5.41) is 17.1. The molecule has 1 fully saturated rings. The van der Waals surface area contributed by atoms with Crippen molar-refractivity contribution in [2.45, 2.75) is 50.8 Å². The van der Waals surface area contributed by atoms with Crippen LogP contribution in [-0.2, 0) is 0 Å². The second-order valence-electron chi connectivity index (χ2n) is 5.32. The molecule has 0 unspecified atom stereocenters. The van der Waals surface area contributed by atoms with E-state index in [0.29, 0.717) is 6.04 Å². The van der Waals surface area contributed by atoms with Crippen molar-refractivity contribution >= 4 is 23.2 Å². The number of thioether (sulfide) groups is 1. The third-order valence-electron chi connectivity index (χ3n) is 3.80. The van der Waals surface area contributed by atoms with E-state index in [4.69, 9.17) is 0 Å². The molecule has 0 radical (unpaired) electrons. The number of nitrogens with one attached hydrogen (secondary N) is 1. The number of hydrogen-bond donors (Lipinski definition) is 1. The topological polar surface area (TPSA) is 55.1 Å². The highest BCUT2D eigenvalue weighted by Gasteiger charge is 2.22. The fourth-order valence-electron chi connectivity index (χ4n) is 2.85. The molecule has 2 aromatic heterocycles. The molecule has 2 aromatic rings. The lowest BCUT2D eigenvalue weighted by Gasteiger charge is -2.29. The molecule has 0 bridgehead atoms. The van der Waals surface area contributed by atoms with Crippen LogP contribution in [0.25, 0.3) is 5.65 Å². The van der Waals surface area contributed by atoms with E-state index in [9.17, 15) is 0 Å². The molecule has 6 heteroatoms. The smallest absolute Gasteiger partial charge is 0.178 e. The first-order valence-electron chi connectivity index (χ1n) is 7.33. The SMILES string of the molecule is CCS[C@H]1CCC[C@H](Nc2ccc3nnc(C)n3n2)C1. The second-order valence-corrected chi connectivity index (χ2v) is 6.90. The van der Waals surface area contributed by atoms with Crippen LogP contribution < -0.4 is 5.32 Å². The van der Waals surface area contributed by atoms with Gasteiger partial charge in [-0.25, -0.2) is 0 Å². The molecule has 3 rings (SSSR count). The molecule has 20 heavy (non-hydrogen) atoms. The molecule has 1 saturated carbocycles. The summed E-state index contributed by atoms with van der Waals surface area (Å²) in [6.07, 6.45) is 5.14. The van der Waals surface area contributed by atoms with E-state index in [1.54, 1.807) is 4.52 Å². The van der Waals surface area contributed by atoms with E-state index in [1.807, 2.05) is 19.1 Å². The van der Waals surface area contributed by atoms with Gasteiger partial charge in [0.25, 0.3) is 0 Å². The monoisotopic (exact) mass is 291 g/mol. The molecule has 2 atom stereocenters. The summed E-state index contributed by atoms with van der Waals surface area (Å²) < 4.78 is 1.80. The fraction of sp³-hybridized carbons (Fsp3) is 0.643. The van der Waals surface area contributed by atoms with E-state index >= 15 is 0 Å². The molecule has 1 aliphatic rings. The number of aromatic nitrogens is 4. The van der Waals surface area contributed by atoms with Crippen LogP contribution in [-0.4, -0.2) is 36.9 Å². The molecule has 1 N–H and O–H groups in total. The Morgan fingerprint density at radius 2 is 2.25 bits per heavy atom. The summed E-state index contributed by atoms with van der Waals surface area (Å²) >= 11 is 2.09. The molecule has 0 aliphatic heterocycles. The molecule has 0 spiro atoms. The van der Waals surface area contributed by atoms with Crippen LogP contribution in [0.4, 0.5) is 5.82 Å². The third-order valence-corrected chi connectivity index (χ3v) is 5.03. The molecular weight excluding hydrogens is 270 g/mol. The van der Waals surface area contributed by atoms with Crippen molar-refractivity contribution < 1.29 is 0 Å². The Kier molecular flexibility index (Phi) is 4.10. The van der Waals surface area contributed by atoms with Crippen LogP contribution in [0.15, 0.2) is 12.1 Å². The molecule has 1 aliphatic carbocycles. The fourth-order valence-corrected chi connectivity index (χ4v) is 4.02. The summed E-state index contributed by atoms with van der Waals surface area (Å²) in [7, 11) is 0. The molecule has 2 heterocycles. The first kappa shape index (κ1) is 13.7. The van der Waals surface area contributed by atoms with Crippen molar-refractivity contribution in [3.63, 3.8) is 0 Å². The van der Waals surface area contributed by atoms with Gasteiger partial charge in [-0.2, -0.15) is 16.3 Å². The number of nitrogens with zero attached hydrogens (tertiary/aromatic N) is 4. The summed E-state index contributed by atoms with van der Waals surface area (Å²) in [5.41, 5.74) is 0.802. The second kappa shape index (κ2) is 5.99. The predicted molar refractivity (Wildman–Crippen MR) is 83.3 cm³/mol. The van der Waals surface area contributed by atoms with Crippen molar-refractivity contribution in [2.24, 2.45) is 0 Å². The van der Waals surface area contributed by atoms with E-state index < -0.39 is 0 Å². The summed E-state index contributed by atoms with van der Waals surface area (Å²) in [6, 6.07) is 4.51. The van der Waals surface area contributed by atoms with Gasteiger partial charge in [0.2, 0.25) is 0 Å². The van der Waals surface area contributed by atoms with Crippen molar-refractivity contribution in [3.8, 4) is 0 Å². The maximum atomic E-state index is 4.57. The zero-order chi connectivity index (χ0) is 13.9. The summed E-state index contributed by atoms with van der Waals surface area (Å²) in [6.45, 7) is 4.16. The Balaban J connectivity index is 1.70. The van der Waals surface area contributed by atoms with Gasteiger partial charge in [0, 0.05) is 11.3 Å². The minimum Gasteiger partial charge on any atom is -0.366 e. The molecular formula is C14H21N5S. The van der Waals surface area contributed by atoms with Crippen LogP contribution >= 0.6 is 11.8 Å². The van der Waals surface area contributed by atoms with E-state index in [0.717, 1.165) is 22.5 Å². The lowest BCUT2D eigenvalue weighted by atomic mass is 9.95. The van der Waals surface area contributed by atoms with Gasteiger partial charge in [0.15, 0.2) is 11.5 Å². The van der Waals surface area contributed by atoms with Crippen LogP contribution in [0, 0.1) is 6.92 Å². The highest BCUT2D eigenvalue weighted by atomic mass is 32.2. The number of rotatable bonds is 4. The lowest BCUT2D eigenvalue weighted by Crippen LogP contribution is -2.29. The van der Waals surface area contributed by atoms with Crippen molar-refractivity contribution in [2.75, 3.05) is 11.1 Å². The molecule has 0 saturated heterocycles. The van der Waals surface area contributed by atoms with Crippen LogP contribution in [0.2, 0.25) is 0 Å². The zero-order valence-corrected chi connectivity index (χ0v) is 12.9. The Hall–Kier alpha value is -1.30. The third kappa shape index (κ3) is 2.90. The van der Waals surface area contributed by atoms with Crippen molar-refractivity contribution in [1.82, 2.24) is 19.8 Å². The van der Waals surface area contributed by atoms with Crippen molar-refractivity contribution in [3.05, 3.63) is 18.0 Å². The van der Waals surface area contributed by atoms with Gasteiger partial charge < -0.3 is 5.32 Å². The van der Waals surface area contributed by atoms with Gasteiger partial charge in [0.05, 0.1) is 0 Å². The van der Waals surface area contributed by atoms with Gasteiger partial charge in [-0.3, -0.25) is 0 Å². The van der Waals surface area contributed by atoms with E-state index in [-0.39, 0.29) is 0 Å². The largest absolute Gasteiger partial charge is 0.366 e. The van der Waals surface area contributed by atoms with E-state index in [1.165, 1.54) is 31.4 Å². The first-order chi connectivity index (χ1) is 9.76. The predicted octanol–water partition coefficient (Wildman–Crippen LogP) is 2.91. The van der Waals surface area contributed by atoms with Gasteiger partial charge in [-0.1, -0.05) is 13.3 Å². The Bertz CT molecular complexity index is 580. The Morgan fingerprint density at radius 1 is 1.35 bits per heavy atom. The van der Waals surface area contributed by atoms with Crippen LogP contribution in [0.1, 0.15) is 38.4 Å². The standard InChI is InChI=1S/C14H21N5S/c1-3-20-12-6-4-5-11(9-12)15-13-7-8-14-17-16-10(2)19(14)18-13/h7-8,11-12H,3-6,9H2,1-2H3,(H,15,18)/t11-,12-/m0/s1. The maximum Gasteiger partial charge on any atom is 0.178 e. The van der Waals surface area contributed by atoms with Crippen molar-refractivity contribution in [1.29, 1.82) is 0 Å². The number of hydrogen-bond acceptors (Lipinski definition) is 5. The summed E-state index contributed by atoms with van der Waals surface area (Å²) in [4.78, 5) is 0. The quantitative estimate of drug-likeness (QED) is 0.938. The van der Waals surface area contributed by atoms with Gasteiger partial charge in [-0.15, -0.1) is 15.3 Å².